The summed E-state index contributed by atoms with van der Waals surface area (Å²) in [4.78, 5) is 17.4. The van der Waals surface area contributed by atoms with Crippen LogP contribution in [0.1, 0.15) is 60.4 Å². The van der Waals surface area contributed by atoms with Crippen molar-refractivity contribution < 1.29 is 4.79 Å². The Kier molecular flexibility index (Phi) is 2.45. The molecular formula is C12H17NOS. The molecule has 1 aliphatic rings. The molecule has 15 heavy (non-hydrogen) atoms. The Labute approximate surface area is 94.7 Å². The molecule has 0 N–H and O–H groups in total. The lowest BCUT2D eigenvalue weighted by atomic mass is 9.78. The smallest absolute Gasteiger partial charge is 0.175 e. The maximum Gasteiger partial charge on any atom is 0.175 e. The SMILES string of the molecule is CC(C)c1nc2c(s1)C(=O)CC(C)(C)C2. The Morgan fingerprint density at radius 1 is 1.33 bits per heavy atom. The number of Topliss-reactive ketones (excluding diaryl/α,β-unsaturated/α-hetero) is 1. The van der Waals surface area contributed by atoms with E-state index < -0.39 is 0 Å². The Morgan fingerprint density at radius 2 is 2.00 bits per heavy atom. The number of nitrogens with zero attached hydrogens (tertiary/aromatic N) is 1. The maximum absolute atomic E-state index is 11.9. The van der Waals surface area contributed by atoms with E-state index in [1.165, 1.54) is 0 Å². The molecule has 0 fully saturated rings. The van der Waals surface area contributed by atoms with Gasteiger partial charge in [-0.1, -0.05) is 27.7 Å². The third-order valence-corrected chi connectivity index (χ3v) is 4.19. The van der Waals surface area contributed by atoms with Gasteiger partial charge in [0.25, 0.3) is 0 Å². The van der Waals surface area contributed by atoms with Gasteiger partial charge in [-0.05, 0) is 11.8 Å². The summed E-state index contributed by atoms with van der Waals surface area (Å²) in [6, 6.07) is 0. The van der Waals surface area contributed by atoms with Crippen molar-refractivity contribution >= 4 is 17.1 Å². The molecule has 1 aliphatic carbocycles. The first-order valence-corrected chi connectivity index (χ1v) is 6.23. The van der Waals surface area contributed by atoms with Crippen molar-refractivity contribution in [1.29, 1.82) is 0 Å². The average Bonchev–Trinajstić information content (AvgIpc) is 2.45. The Hall–Kier alpha value is -0.700. The molecule has 0 aliphatic heterocycles. The Balaban J connectivity index is 2.43. The summed E-state index contributed by atoms with van der Waals surface area (Å²) in [7, 11) is 0. The molecule has 0 spiro atoms. The summed E-state index contributed by atoms with van der Waals surface area (Å²) in [6.07, 6.45) is 1.61. The zero-order valence-corrected chi connectivity index (χ0v) is 10.6. The largest absolute Gasteiger partial charge is 0.293 e. The second kappa shape index (κ2) is 3.41. The monoisotopic (exact) mass is 223 g/mol. The minimum atomic E-state index is 0.0897. The van der Waals surface area contributed by atoms with Gasteiger partial charge in [-0.15, -0.1) is 11.3 Å². The van der Waals surface area contributed by atoms with Gasteiger partial charge in [0, 0.05) is 12.3 Å². The average molecular weight is 223 g/mol. The zero-order valence-electron chi connectivity index (χ0n) is 9.76. The molecule has 0 aromatic carbocycles. The fourth-order valence-corrected chi connectivity index (χ4v) is 3.01. The van der Waals surface area contributed by atoms with Crippen molar-refractivity contribution in [3.8, 4) is 0 Å². The lowest BCUT2D eigenvalue weighted by Gasteiger charge is -2.26. The van der Waals surface area contributed by atoms with Gasteiger partial charge in [-0.3, -0.25) is 4.79 Å². The van der Waals surface area contributed by atoms with Gasteiger partial charge in [0.2, 0.25) is 0 Å². The number of carbonyl (C=O) groups is 1. The number of carbonyl (C=O) groups excluding carboxylic acids is 1. The molecule has 1 aromatic heterocycles. The summed E-state index contributed by atoms with van der Waals surface area (Å²) < 4.78 is 0. The van der Waals surface area contributed by atoms with Crippen molar-refractivity contribution in [2.75, 3.05) is 0 Å². The van der Waals surface area contributed by atoms with Crippen LogP contribution in [0.2, 0.25) is 0 Å². The molecule has 0 unspecified atom stereocenters. The van der Waals surface area contributed by atoms with Gasteiger partial charge in [0.15, 0.2) is 5.78 Å². The van der Waals surface area contributed by atoms with E-state index in [4.69, 9.17) is 0 Å². The second-order valence-corrected chi connectivity index (χ2v) is 6.45. The fraction of sp³-hybridized carbons (Fsp3) is 0.667. The third kappa shape index (κ3) is 1.98. The topological polar surface area (TPSA) is 30.0 Å². The second-order valence-electron chi connectivity index (χ2n) is 5.42. The van der Waals surface area contributed by atoms with E-state index in [-0.39, 0.29) is 11.2 Å². The van der Waals surface area contributed by atoms with Crippen molar-refractivity contribution in [2.45, 2.75) is 46.5 Å². The number of fused-ring (bicyclic) bond motifs is 1. The molecule has 0 bridgehead atoms. The quantitative estimate of drug-likeness (QED) is 0.730. The van der Waals surface area contributed by atoms with E-state index in [2.05, 4.69) is 32.7 Å². The predicted octanol–water partition coefficient (Wildman–Crippen LogP) is 3.42. The third-order valence-electron chi connectivity index (χ3n) is 2.75. The van der Waals surface area contributed by atoms with Crippen LogP contribution in [-0.4, -0.2) is 10.8 Å². The van der Waals surface area contributed by atoms with Crippen LogP contribution in [0.3, 0.4) is 0 Å². The van der Waals surface area contributed by atoms with Crippen molar-refractivity contribution in [1.82, 2.24) is 4.98 Å². The van der Waals surface area contributed by atoms with Crippen LogP contribution in [0.4, 0.5) is 0 Å². The van der Waals surface area contributed by atoms with Crippen LogP contribution in [-0.2, 0) is 6.42 Å². The maximum atomic E-state index is 11.9. The standard InChI is InChI=1S/C12H17NOS/c1-7(2)11-13-8-5-12(3,4)6-9(14)10(8)15-11/h7H,5-6H2,1-4H3. The van der Waals surface area contributed by atoms with Crippen LogP contribution in [0.5, 0.6) is 0 Å². The number of aromatic nitrogens is 1. The van der Waals surface area contributed by atoms with E-state index >= 15 is 0 Å². The predicted molar refractivity (Wildman–Crippen MR) is 62.6 cm³/mol. The van der Waals surface area contributed by atoms with Crippen LogP contribution in [0.25, 0.3) is 0 Å². The van der Waals surface area contributed by atoms with E-state index in [9.17, 15) is 4.79 Å². The summed E-state index contributed by atoms with van der Waals surface area (Å²) >= 11 is 1.59. The Bertz CT molecular complexity index is 404. The molecule has 0 saturated heterocycles. The summed E-state index contributed by atoms with van der Waals surface area (Å²) in [5, 5.41) is 1.10. The normalized spacial score (nSPS) is 19.4. The zero-order chi connectivity index (χ0) is 11.2. The highest BCUT2D eigenvalue weighted by molar-refractivity contribution is 7.14. The first-order valence-electron chi connectivity index (χ1n) is 5.42. The number of hydrogen-bond acceptors (Lipinski definition) is 3. The number of rotatable bonds is 1. The number of thiazole rings is 1. The van der Waals surface area contributed by atoms with E-state index in [1.54, 1.807) is 11.3 Å². The van der Waals surface area contributed by atoms with Crippen molar-refractivity contribution in [3.05, 3.63) is 15.6 Å². The minimum absolute atomic E-state index is 0.0897. The van der Waals surface area contributed by atoms with E-state index in [0.29, 0.717) is 12.3 Å². The Morgan fingerprint density at radius 3 is 2.60 bits per heavy atom. The van der Waals surface area contributed by atoms with Gasteiger partial charge < -0.3 is 0 Å². The molecule has 0 radical (unpaired) electrons. The van der Waals surface area contributed by atoms with Crippen LogP contribution >= 0.6 is 11.3 Å². The van der Waals surface area contributed by atoms with Crippen LogP contribution in [0.15, 0.2) is 0 Å². The molecule has 1 heterocycles. The minimum Gasteiger partial charge on any atom is -0.293 e. The first-order chi connectivity index (χ1) is 6.89. The summed E-state index contributed by atoms with van der Waals surface area (Å²) in [6.45, 7) is 8.53. The first kappa shape index (κ1) is 10.8. The molecule has 82 valence electrons. The van der Waals surface area contributed by atoms with Crippen molar-refractivity contribution in [3.63, 3.8) is 0 Å². The summed E-state index contributed by atoms with van der Waals surface area (Å²) in [5.74, 6) is 0.710. The molecule has 2 nitrogen and oxygen atoms in total. The van der Waals surface area contributed by atoms with Crippen molar-refractivity contribution in [2.24, 2.45) is 5.41 Å². The van der Waals surface area contributed by atoms with Gasteiger partial charge in [0.1, 0.15) is 0 Å². The lowest BCUT2D eigenvalue weighted by Crippen LogP contribution is -2.26. The molecule has 2 rings (SSSR count). The number of ketones is 1. The highest BCUT2D eigenvalue weighted by atomic mass is 32.1. The lowest BCUT2D eigenvalue weighted by molar-refractivity contribution is 0.0916. The molecule has 0 saturated carbocycles. The van der Waals surface area contributed by atoms with E-state index in [1.807, 2.05) is 0 Å². The summed E-state index contributed by atoms with van der Waals surface area (Å²) in [5.41, 5.74) is 1.12. The molecule has 3 heteroatoms. The van der Waals surface area contributed by atoms with Crippen LogP contribution in [0, 0.1) is 5.41 Å². The molecule has 1 aromatic rings. The molecular weight excluding hydrogens is 206 g/mol. The van der Waals surface area contributed by atoms with Gasteiger partial charge >= 0.3 is 0 Å². The van der Waals surface area contributed by atoms with Gasteiger partial charge in [-0.2, -0.15) is 0 Å². The molecule has 0 atom stereocenters. The molecule has 0 amide bonds. The highest BCUT2D eigenvalue weighted by Gasteiger charge is 2.33. The highest BCUT2D eigenvalue weighted by Crippen LogP contribution is 2.38. The van der Waals surface area contributed by atoms with Gasteiger partial charge in [-0.25, -0.2) is 4.98 Å². The number of hydrogen-bond donors (Lipinski definition) is 0. The van der Waals surface area contributed by atoms with E-state index in [0.717, 1.165) is 22.0 Å². The van der Waals surface area contributed by atoms with Crippen LogP contribution < -0.4 is 0 Å². The van der Waals surface area contributed by atoms with Gasteiger partial charge in [0.05, 0.1) is 15.6 Å². The fourth-order valence-electron chi connectivity index (χ4n) is 1.99.